The quantitative estimate of drug-likeness (QED) is 0.424. The van der Waals surface area contributed by atoms with Crippen LogP contribution < -0.4 is 5.32 Å². The van der Waals surface area contributed by atoms with Crippen LogP contribution in [0.1, 0.15) is 37.4 Å². The second-order valence-corrected chi connectivity index (χ2v) is 12.9. The van der Waals surface area contributed by atoms with E-state index in [1.807, 2.05) is 18.2 Å². The molecule has 2 aliphatic heterocycles. The van der Waals surface area contributed by atoms with Crippen LogP contribution in [0.4, 0.5) is 0 Å². The smallest absolute Gasteiger partial charge is 0.212 e. The fourth-order valence-electron chi connectivity index (χ4n) is 7.65. The van der Waals surface area contributed by atoms with Gasteiger partial charge in [-0.2, -0.15) is 0 Å². The molecule has 2 N–H and O–H groups in total. The molecule has 0 saturated carbocycles. The highest BCUT2D eigenvalue weighted by Crippen LogP contribution is 2.59. The van der Waals surface area contributed by atoms with Crippen molar-refractivity contribution in [3.05, 3.63) is 102 Å². The lowest BCUT2D eigenvalue weighted by atomic mass is 9.61. The molecule has 4 aliphatic carbocycles. The van der Waals surface area contributed by atoms with Gasteiger partial charge in [0.2, 0.25) is 5.90 Å². The summed E-state index contributed by atoms with van der Waals surface area (Å²) in [7, 11) is 1.68. The Balaban J connectivity index is 1.20. The topological polar surface area (TPSA) is 53.9 Å². The zero-order valence-electron chi connectivity index (χ0n) is 21.8. The molecule has 1 aromatic carbocycles. The second-order valence-electron chi connectivity index (χ2n) is 11.4. The minimum Gasteiger partial charge on any atom is -0.508 e. The van der Waals surface area contributed by atoms with Gasteiger partial charge in [0.1, 0.15) is 5.75 Å². The molecular formula is C33H36N2O2S. The summed E-state index contributed by atoms with van der Waals surface area (Å²) >= 11 is 2.22. The van der Waals surface area contributed by atoms with Crippen molar-refractivity contribution in [3.63, 3.8) is 0 Å². The number of fused-ring (bicyclic) bond motifs is 5. The number of phenols is 1. The zero-order chi connectivity index (χ0) is 25.6. The normalized spacial score (nSPS) is 38.8. The number of hydrogen-bond acceptors (Lipinski definition) is 5. The van der Waals surface area contributed by atoms with Crippen molar-refractivity contribution in [3.8, 4) is 5.75 Å². The number of ether oxygens (including phenoxy) is 1. The minimum atomic E-state index is -0.373. The van der Waals surface area contributed by atoms with Gasteiger partial charge in [0.15, 0.2) is 6.17 Å². The molecule has 6 aliphatic rings. The molecule has 196 valence electrons. The number of rotatable bonds is 3. The number of allylic oxidation sites excluding steroid dienone is 9. The molecule has 9 unspecified atom stereocenters. The molecule has 1 aromatic rings. The number of hydrogen-bond donors (Lipinski definition) is 2. The first-order chi connectivity index (χ1) is 18.7. The zero-order valence-corrected chi connectivity index (χ0v) is 22.6. The van der Waals surface area contributed by atoms with Crippen molar-refractivity contribution in [1.29, 1.82) is 0 Å². The molecule has 0 radical (unpaired) electrons. The average molecular weight is 525 g/mol. The fourth-order valence-corrected chi connectivity index (χ4v) is 9.61. The van der Waals surface area contributed by atoms with Gasteiger partial charge in [-0.1, -0.05) is 72.9 Å². The predicted molar refractivity (Wildman–Crippen MR) is 156 cm³/mol. The van der Waals surface area contributed by atoms with Crippen LogP contribution in [0, 0.1) is 35.5 Å². The van der Waals surface area contributed by atoms with E-state index < -0.39 is 0 Å². The molecule has 0 bridgehead atoms. The minimum absolute atomic E-state index is 0.252. The first kappa shape index (κ1) is 24.1. The maximum absolute atomic E-state index is 10.6. The maximum Gasteiger partial charge on any atom is 0.212 e. The summed E-state index contributed by atoms with van der Waals surface area (Å²) in [5.74, 6) is 4.48. The van der Waals surface area contributed by atoms with Crippen LogP contribution in [-0.4, -0.2) is 28.6 Å². The predicted octanol–water partition coefficient (Wildman–Crippen LogP) is 6.87. The molecule has 0 spiro atoms. The first-order valence-electron chi connectivity index (χ1n) is 14.1. The largest absolute Gasteiger partial charge is 0.508 e. The number of methoxy groups -OCH3 is 1. The van der Waals surface area contributed by atoms with E-state index in [4.69, 9.17) is 9.73 Å². The van der Waals surface area contributed by atoms with Crippen LogP contribution in [0.25, 0.3) is 0 Å². The molecule has 0 amide bonds. The Hall–Kier alpha value is -2.92. The molecule has 5 heteroatoms. The van der Waals surface area contributed by atoms with Crippen molar-refractivity contribution in [2.75, 3.05) is 7.11 Å². The molecule has 7 rings (SSSR count). The van der Waals surface area contributed by atoms with Gasteiger partial charge in [-0.25, -0.2) is 4.99 Å². The van der Waals surface area contributed by atoms with Crippen molar-refractivity contribution >= 4 is 17.7 Å². The van der Waals surface area contributed by atoms with Crippen LogP contribution in [0.5, 0.6) is 5.75 Å². The lowest BCUT2D eigenvalue weighted by Crippen LogP contribution is -2.40. The van der Waals surface area contributed by atoms with Crippen LogP contribution in [0.3, 0.4) is 0 Å². The second kappa shape index (κ2) is 10.00. The van der Waals surface area contributed by atoms with E-state index in [-0.39, 0.29) is 11.9 Å². The summed E-state index contributed by atoms with van der Waals surface area (Å²) in [5.41, 5.74) is 3.26. The molecule has 9 atom stereocenters. The number of nitrogens with zero attached hydrogens (tertiary/aromatic N) is 1. The summed E-state index contributed by atoms with van der Waals surface area (Å²) in [5, 5.41) is 15.4. The standard InChI is InChI=1S/C33H36N2O2S/c1-37-31-19-27(34-33(35-31)24-13-7-8-14-28(24)36)26-18-30-32(23-12-6-5-11-22(23)26)25-16-15-21(17-29(25)38-30)20-9-3-2-4-10-20/h2-4,6-9,12-16,18-23,25,29-30,32-34,36H,5,10-11,17H2,1H3. The monoisotopic (exact) mass is 524 g/mol. The third-order valence-corrected chi connectivity index (χ3v) is 11.1. The number of nitrogens with one attached hydrogen (secondary N) is 1. The van der Waals surface area contributed by atoms with Crippen LogP contribution in [-0.2, 0) is 4.74 Å². The maximum atomic E-state index is 10.6. The molecule has 2 heterocycles. The molecule has 38 heavy (non-hydrogen) atoms. The van der Waals surface area contributed by atoms with E-state index in [1.165, 1.54) is 24.8 Å². The lowest BCUT2D eigenvalue weighted by Gasteiger charge is -2.43. The Kier molecular flexibility index (Phi) is 6.35. The van der Waals surface area contributed by atoms with Crippen LogP contribution in [0.15, 0.2) is 101 Å². The SMILES string of the molecule is COC1=NC(c2ccccc2O)NC(C2=CC3SC4CC(C5C=CC=CC5)C=CC4C3C3C=CCCC23)=C1. The summed E-state index contributed by atoms with van der Waals surface area (Å²) < 4.78 is 5.66. The van der Waals surface area contributed by atoms with Gasteiger partial charge in [-0.05, 0) is 72.8 Å². The van der Waals surface area contributed by atoms with Crippen molar-refractivity contribution < 1.29 is 9.84 Å². The molecular weight excluding hydrogens is 488 g/mol. The Labute approximate surface area is 230 Å². The van der Waals surface area contributed by atoms with Crippen LogP contribution in [0.2, 0.25) is 0 Å². The summed E-state index contributed by atoms with van der Waals surface area (Å²) in [4.78, 5) is 4.74. The van der Waals surface area contributed by atoms with E-state index in [9.17, 15) is 5.11 Å². The van der Waals surface area contributed by atoms with Crippen LogP contribution >= 0.6 is 11.8 Å². The number of aromatic hydroxyl groups is 1. The van der Waals surface area contributed by atoms with Gasteiger partial charge in [0.25, 0.3) is 0 Å². The van der Waals surface area contributed by atoms with E-state index >= 15 is 0 Å². The molecule has 4 nitrogen and oxygen atoms in total. The highest BCUT2D eigenvalue weighted by molar-refractivity contribution is 8.01. The highest BCUT2D eigenvalue weighted by Gasteiger charge is 2.52. The lowest BCUT2D eigenvalue weighted by molar-refractivity contribution is 0.221. The number of thioether (sulfide) groups is 1. The number of benzene rings is 1. The molecule has 1 saturated heterocycles. The van der Waals surface area contributed by atoms with Gasteiger partial charge >= 0.3 is 0 Å². The Morgan fingerprint density at radius 2 is 1.95 bits per heavy atom. The Morgan fingerprint density at radius 1 is 1.03 bits per heavy atom. The highest BCUT2D eigenvalue weighted by atomic mass is 32.2. The average Bonchev–Trinajstić information content (AvgIpc) is 3.35. The van der Waals surface area contributed by atoms with E-state index in [2.05, 4.69) is 77.8 Å². The van der Waals surface area contributed by atoms with E-state index in [0.29, 0.717) is 51.9 Å². The molecule has 0 aromatic heterocycles. The Morgan fingerprint density at radius 3 is 2.79 bits per heavy atom. The van der Waals surface area contributed by atoms with Gasteiger partial charge in [-0.3, -0.25) is 0 Å². The van der Waals surface area contributed by atoms with Crippen molar-refractivity contribution in [2.24, 2.45) is 40.5 Å². The first-order valence-corrected chi connectivity index (χ1v) is 15.1. The summed E-state index contributed by atoms with van der Waals surface area (Å²) in [6.07, 6.45) is 28.3. The third-order valence-electron chi connectivity index (χ3n) is 9.46. The summed E-state index contributed by atoms with van der Waals surface area (Å²) in [6, 6.07) is 7.45. The number of para-hydroxylation sites is 1. The van der Waals surface area contributed by atoms with Gasteiger partial charge in [0, 0.05) is 27.8 Å². The third kappa shape index (κ3) is 4.20. The number of aliphatic imine (C=N–C) groups is 1. The fraction of sp³-hybridized carbons (Fsp3) is 0.424. The van der Waals surface area contributed by atoms with Gasteiger partial charge < -0.3 is 15.2 Å². The van der Waals surface area contributed by atoms with E-state index in [0.717, 1.165) is 17.7 Å². The van der Waals surface area contributed by atoms with Crippen molar-refractivity contribution in [1.82, 2.24) is 5.32 Å². The Bertz CT molecular complexity index is 1300. The van der Waals surface area contributed by atoms with E-state index in [1.54, 1.807) is 13.2 Å². The number of phenolic OH excluding ortho intramolecular Hbond substituents is 1. The molecule has 1 fully saturated rings. The van der Waals surface area contributed by atoms with Gasteiger partial charge in [0.05, 0.1) is 7.11 Å². The summed E-state index contributed by atoms with van der Waals surface area (Å²) in [6.45, 7) is 0. The van der Waals surface area contributed by atoms with Gasteiger partial charge in [-0.15, -0.1) is 11.8 Å². The van der Waals surface area contributed by atoms with Crippen molar-refractivity contribution in [2.45, 2.75) is 42.3 Å².